The molecule has 192 valence electrons. The SMILES string of the molecule is CC1=C(CO)C(=O)OC(C(C)C2CCC3C4C5OC5C5(O)CC=CC(=O)C5(C)C4CC(O)C23C)C1. The molecule has 12 unspecified atom stereocenters. The van der Waals surface area contributed by atoms with Crippen LogP contribution in [0.15, 0.2) is 23.3 Å². The highest BCUT2D eigenvalue weighted by Crippen LogP contribution is 2.71. The molecule has 6 aliphatic rings. The number of carbonyl (C=O) groups is 2. The summed E-state index contributed by atoms with van der Waals surface area (Å²) in [4.78, 5) is 25.8. The molecule has 35 heavy (non-hydrogen) atoms. The molecule has 7 heteroatoms. The van der Waals surface area contributed by atoms with Crippen molar-refractivity contribution in [2.45, 2.75) is 89.8 Å². The molecule has 6 rings (SSSR count). The maximum atomic E-state index is 13.3. The van der Waals surface area contributed by atoms with Crippen LogP contribution in [0.5, 0.6) is 0 Å². The standard InChI is InChI=1S/C28H38O7/c1-13-10-19(34-25(32)15(13)12-29)14(2)16-7-8-17-22-18(11-21(31)26(16,17)3)27(4)20(30)6-5-9-28(27,33)24-23(22)35-24/h5-6,14,16-19,21-24,29,31,33H,7-12H2,1-4H3. The van der Waals surface area contributed by atoms with Gasteiger partial charge in [-0.15, -0.1) is 0 Å². The van der Waals surface area contributed by atoms with Crippen molar-refractivity contribution in [2.24, 2.45) is 40.4 Å². The average Bonchev–Trinajstić information content (AvgIpc) is 3.53. The van der Waals surface area contributed by atoms with Crippen LogP contribution in [0.2, 0.25) is 0 Å². The summed E-state index contributed by atoms with van der Waals surface area (Å²) < 4.78 is 12.0. The molecule has 0 bridgehead atoms. The molecule has 0 aromatic rings. The molecule has 0 amide bonds. The number of rotatable bonds is 3. The quantitative estimate of drug-likeness (QED) is 0.414. The Labute approximate surface area is 206 Å². The smallest absolute Gasteiger partial charge is 0.336 e. The van der Waals surface area contributed by atoms with E-state index < -0.39 is 28.5 Å². The van der Waals surface area contributed by atoms with Gasteiger partial charge in [-0.1, -0.05) is 25.5 Å². The number of allylic oxidation sites excluding steroid dienone is 1. The summed E-state index contributed by atoms with van der Waals surface area (Å²) in [5.41, 5.74) is -1.33. The lowest BCUT2D eigenvalue weighted by Gasteiger charge is -2.61. The van der Waals surface area contributed by atoms with E-state index in [4.69, 9.17) is 9.47 Å². The molecule has 4 fully saturated rings. The van der Waals surface area contributed by atoms with Gasteiger partial charge in [-0.25, -0.2) is 4.79 Å². The molecule has 1 saturated heterocycles. The van der Waals surface area contributed by atoms with Crippen LogP contribution in [0.25, 0.3) is 0 Å². The molecular formula is C28H38O7. The number of ketones is 1. The van der Waals surface area contributed by atoms with Gasteiger partial charge in [0.2, 0.25) is 0 Å². The predicted octanol–water partition coefficient (Wildman–Crippen LogP) is 2.32. The third kappa shape index (κ3) is 2.81. The topological polar surface area (TPSA) is 117 Å². The van der Waals surface area contributed by atoms with Gasteiger partial charge in [-0.2, -0.15) is 0 Å². The summed E-state index contributed by atoms with van der Waals surface area (Å²) >= 11 is 0. The van der Waals surface area contributed by atoms with Gasteiger partial charge in [0.05, 0.1) is 29.8 Å². The number of esters is 1. The van der Waals surface area contributed by atoms with Crippen molar-refractivity contribution >= 4 is 11.8 Å². The Kier molecular flexibility index (Phi) is 5.11. The first-order valence-corrected chi connectivity index (χ1v) is 13.3. The van der Waals surface area contributed by atoms with E-state index in [2.05, 4.69) is 13.8 Å². The fourth-order valence-corrected chi connectivity index (χ4v) is 9.46. The number of hydrogen-bond donors (Lipinski definition) is 3. The highest BCUT2D eigenvalue weighted by molar-refractivity contribution is 5.97. The van der Waals surface area contributed by atoms with Crippen molar-refractivity contribution in [3.63, 3.8) is 0 Å². The number of aliphatic hydroxyl groups is 3. The van der Waals surface area contributed by atoms with Crippen molar-refractivity contribution in [3.8, 4) is 0 Å². The van der Waals surface area contributed by atoms with E-state index in [0.717, 1.165) is 18.4 Å². The second kappa shape index (κ2) is 7.50. The van der Waals surface area contributed by atoms with Gasteiger partial charge in [-0.3, -0.25) is 4.79 Å². The molecule has 0 spiro atoms. The number of aliphatic hydroxyl groups excluding tert-OH is 2. The molecule has 0 aromatic carbocycles. The number of carbonyl (C=O) groups excluding carboxylic acids is 2. The number of epoxide rings is 1. The predicted molar refractivity (Wildman–Crippen MR) is 126 cm³/mol. The minimum Gasteiger partial charge on any atom is -0.458 e. The first kappa shape index (κ1) is 23.8. The van der Waals surface area contributed by atoms with E-state index in [1.807, 2.05) is 13.8 Å². The normalized spacial score (nSPS) is 53.3. The van der Waals surface area contributed by atoms with Crippen LogP contribution in [0.3, 0.4) is 0 Å². The first-order valence-electron chi connectivity index (χ1n) is 13.3. The molecule has 0 radical (unpaired) electrons. The molecule has 7 nitrogen and oxygen atoms in total. The summed E-state index contributed by atoms with van der Waals surface area (Å²) in [7, 11) is 0. The first-order chi connectivity index (χ1) is 16.5. The van der Waals surface area contributed by atoms with Crippen molar-refractivity contribution in [3.05, 3.63) is 23.3 Å². The van der Waals surface area contributed by atoms with Gasteiger partial charge in [0.25, 0.3) is 0 Å². The zero-order valence-corrected chi connectivity index (χ0v) is 21.1. The van der Waals surface area contributed by atoms with Gasteiger partial charge in [0.1, 0.15) is 17.8 Å². The number of cyclic esters (lactones) is 1. The fourth-order valence-electron chi connectivity index (χ4n) is 9.46. The lowest BCUT2D eigenvalue weighted by Crippen LogP contribution is -2.69. The summed E-state index contributed by atoms with van der Waals surface area (Å²) in [6.07, 6.45) is 5.38. The van der Waals surface area contributed by atoms with Crippen molar-refractivity contribution in [1.29, 1.82) is 0 Å². The van der Waals surface area contributed by atoms with E-state index in [0.29, 0.717) is 24.8 Å². The van der Waals surface area contributed by atoms with Crippen LogP contribution in [0.1, 0.15) is 59.8 Å². The van der Waals surface area contributed by atoms with Crippen LogP contribution < -0.4 is 0 Å². The van der Waals surface area contributed by atoms with Gasteiger partial charge in [0, 0.05) is 6.42 Å². The number of fused-ring (bicyclic) bond motifs is 8. The molecule has 2 heterocycles. The molecule has 4 aliphatic carbocycles. The summed E-state index contributed by atoms with van der Waals surface area (Å²) in [6.45, 7) is 7.78. The van der Waals surface area contributed by atoms with Crippen LogP contribution in [-0.4, -0.2) is 63.7 Å². The maximum Gasteiger partial charge on any atom is 0.336 e. The van der Waals surface area contributed by atoms with Crippen LogP contribution in [0.4, 0.5) is 0 Å². The summed E-state index contributed by atoms with van der Waals surface area (Å²) in [6, 6.07) is 0. The second-order valence-corrected chi connectivity index (χ2v) is 12.6. The average molecular weight is 487 g/mol. The minimum absolute atomic E-state index is 0.0432. The van der Waals surface area contributed by atoms with E-state index in [1.54, 1.807) is 12.2 Å². The highest BCUT2D eigenvalue weighted by atomic mass is 16.6. The van der Waals surface area contributed by atoms with Crippen molar-refractivity contribution in [2.75, 3.05) is 6.61 Å². The molecule has 3 N–H and O–H groups in total. The summed E-state index contributed by atoms with van der Waals surface area (Å²) in [5.74, 6) is -0.148. The zero-order chi connectivity index (χ0) is 25.1. The van der Waals surface area contributed by atoms with Gasteiger partial charge >= 0.3 is 5.97 Å². The Hall–Kier alpha value is -1.54. The van der Waals surface area contributed by atoms with Crippen LogP contribution in [0, 0.1) is 40.4 Å². The second-order valence-electron chi connectivity index (χ2n) is 12.6. The Morgan fingerprint density at radius 1 is 1.20 bits per heavy atom. The third-order valence-electron chi connectivity index (χ3n) is 11.6. The Morgan fingerprint density at radius 2 is 1.94 bits per heavy atom. The molecule has 2 aliphatic heterocycles. The Morgan fingerprint density at radius 3 is 2.63 bits per heavy atom. The zero-order valence-electron chi connectivity index (χ0n) is 21.1. The third-order valence-corrected chi connectivity index (χ3v) is 11.6. The van der Waals surface area contributed by atoms with E-state index in [9.17, 15) is 24.9 Å². The molecule has 0 aromatic heterocycles. The lowest BCUT2D eigenvalue weighted by atomic mass is 9.43. The molecule has 12 atom stereocenters. The van der Waals surface area contributed by atoms with Gasteiger partial charge in [0.15, 0.2) is 5.78 Å². The van der Waals surface area contributed by atoms with E-state index in [1.165, 1.54) is 0 Å². The van der Waals surface area contributed by atoms with Gasteiger partial charge < -0.3 is 24.8 Å². The maximum absolute atomic E-state index is 13.3. The van der Waals surface area contributed by atoms with Gasteiger partial charge in [-0.05, 0) is 80.6 Å². The lowest BCUT2D eigenvalue weighted by molar-refractivity contribution is -0.201. The van der Waals surface area contributed by atoms with Crippen molar-refractivity contribution in [1.82, 2.24) is 0 Å². The van der Waals surface area contributed by atoms with Crippen LogP contribution in [-0.2, 0) is 19.1 Å². The highest BCUT2D eigenvalue weighted by Gasteiger charge is 2.78. The van der Waals surface area contributed by atoms with E-state index in [-0.39, 0.29) is 60.3 Å². The largest absolute Gasteiger partial charge is 0.458 e. The fraction of sp³-hybridized carbons (Fsp3) is 0.786. The number of ether oxygens (including phenoxy) is 2. The number of hydrogen-bond acceptors (Lipinski definition) is 7. The summed E-state index contributed by atoms with van der Waals surface area (Å²) in [5, 5.41) is 33.0. The monoisotopic (exact) mass is 486 g/mol. The minimum atomic E-state index is -1.21. The van der Waals surface area contributed by atoms with Crippen molar-refractivity contribution < 1.29 is 34.4 Å². The Balaban J connectivity index is 1.32. The molecule has 3 saturated carbocycles. The van der Waals surface area contributed by atoms with Crippen LogP contribution >= 0.6 is 0 Å². The molecular weight excluding hydrogens is 448 g/mol. The Bertz CT molecular complexity index is 1030. The van der Waals surface area contributed by atoms with E-state index >= 15 is 0 Å².